The minimum absolute atomic E-state index is 0.0202. The van der Waals surface area contributed by atoms with Crippen molar-refractivity contribution in [1.82, 2.24) is 5.32 Å². The first kappa shape index (κ1) is 17.9. The molecule has 6 heteroatoms. The average Bonchev–Trinajstić information content (AvgIpc) is 2.98. The van der Waals surface area contributed by atoms with Gasteiger partial charge >= 0.3 is 12.1 Å². The van der Waals surface area contributed by atoms with E-state index in [4.69, 9.17) is 4.74 Å². The Morgan fingerprint density at radius 1 is 1.08 bits per heavy atom. The SMILES string of the molecule is COC(=O)C[C@H](O)CNC(=O)OCC1c2ccccc2-c2ccccc21. The second-order valence-electron chi connectivity index (χ2n) is 6.14. The number of rotatable bonds is 6. The van der Waals surface area contributed by atoms with Crippen molar-refractivity contribution < 1.29 is 24.2 Å². The van der Waals surface area contributed by atoms with Crippen LogP contribution >= 0.6 is 0 Å². The Hall–Kier alpha value is -2.86. The molecule has 0 saturated carbocycles. The number of aliphatic hydroxyl groups excluding tert-OH is 1. The average molecular weight is 355 g/mol. The number of esters is 1. The third-order valence-corrected chi connectivity index (χ3v) is 4.46. The van der Waals surface area contributed by atoms with Crippen LogP contribution in [-0.2, 0) is 14.3 Å². The fraction of sp³-hybridized carbons (Fsp3) is 0.300. The Labute approximate surface area is 151 Å². The summed E-state index contributed by atoms with van der Waals surface area (Å²) in [6.45, 7) is 0.124. The maximum atomic E-state index is 11.9. The molecule has 26 heavy (non-hydrogen) atoms. The predicted octanol–water partition coefficient (Wildman–Crippen LogP) is 2.45. The molecule has 0 saturated heterocycles. The van der Waals surface area contributed by atoms with Crippen molar-refractivity contribution in [1.29, 1.82) is 0 Å². The fourth-order valence-corrected chi connectivity index (χ4v) is 3.20. The number of aliphatic hydroxyl groups is 1. The first-order chi connectivity index (χ1) is 12.6. The molecule has 2 aromatic rings. The quantitative estimate of drug-likeness (QED) is 0.778. The molecule has 3 rings (SSSR count). The molecule has 0 fully saturated rings. The molecule has 1 aliphatic rings. The number of carbonyl (C=O) groups is 2. The smallest absolute Gasteiger partial charge is 0.407 e. The molecule has 1 aliphatic carbocycles. The minimum atomic E-state index is -1.01. The molecular formula is C20H21NO5. The number of benzene rings is 2. The van der Waals surface area contributed by atoms with Crippen LogP contribution in [0.3, 0.4) is 0 Å². The van der Waals surface area contributed by atoms with Gasteiger partial charge in [0.05, 0.1) is 19.6 Å². The summed E-state index contributed by atoms with van der Waals surface area (Å²) in [7, 11) is 1.24. The van der Waals surface area contributed by atoms with Gasteiger partial charge in [0.1, 0.15) is 6.61 Å². The van der Waals surface area contributed by atoms with E-state index in [1.807, 2.05) is 36.4 Å². The van der Waals surface area contributed by atoms with Crippen LogP contribution in [0.2, 0.25) is 0 Å². The van der Waals surface area contributed by atoms with Crippen LogP contribution in [0.4, 0.5) is 4.79 Å². The molecule has 2 N–H and O–H groups in total. The molecular weight excluding hydrogens is 334 g/mol. The lowest BCUT2D eigenvalue weighted by molar-refractivity contribution is -0.142. The third kappa shape index (κ3) is 3.86. The summed E-state index contributed by atoms with van der Waals surface area (Å²) < 4.78 is 9.81. The highest BCUT2D eigenvalue weighted by molar-refractivity contribution is 5.79. The van der Waals surface area contributed by atoms with Crippen LogP contribution in [0, 0.1) is 0 Å². The van der Waals surface area contributed by atoms with Crippen LogP contribution in [0.25, 0.3) is 11.1 Å². The number of nitrogens with one attached hydrogen (secondary N) is 1. The van der Waals surface area contributed by atoms with Crippen molar-refractivity contribution in [3.63, 3.8) is 0 Å². The molecule has 0 aliphatic heterocycles. The molecule has 0 heterocycles. The Morgan fingerprint density at radius 2 is 1.65 bits per heavy atom. The standard InChI is InChI=1S/C20H21NO5/c1-25-19(23)10-13(22)11-21-20(24)26-12-18-16-8-4-2-6-14(16)15-7-3-5-9-17(15)18/h2-9,13,18,22H,10-12H2,1H3,(H,21,24)/t13-/m0/s1. The lowest BCUT2D eigenvalue weighted by atomic mass is 9.98. The number of ether oxygens (including phenoxy) is 2. The molecule has 0 spiro atoms. The van der Waals surface area contributed by atoms with E-state index < -0.39 is 18.2 Å². The van der Waals surface area contributed by atoms with E-state index in [9.17, 15) is 14.7 Å². The van der Waals surface area contributed by atoms with Crippen LogP contribution < -0.4 is 5.32 Å². The summed E-state index contributed by atoms with van der Waals surface area (Å²) in [6, 6.07) is 16.2. The fourth-order valence-electron chi connectivity index (χ4n) is 3.20. The van der Waals surface area contributed by atoms with Crippen molar-refractivity contribution in [2.24, 2.45) is 0 Å². The summed E-state index contributed by atoms with van der Waals surface area (Å²) in [5, 5.41) is 12.1. The molecule has 2 aromatic carbocycles. The zero-order valence-electron chi connectivity index (χ0n) is 14.5. The van der Waals surface area contributed by atoms with Gasteiger partial charge in [0, 0.05) is 12.5 Å². The van der Waals surface area contributed by atoms with Gasteiger partial charge in [-0.2, -0.15) is 0 Å². The normalized spacial score (nSPS) is 13.5. The number of carbonyl (C=O) groups excluding carboxylic acids is 2. The third-order valence-electron chi connectivity index (χ3n) is 4.46. The first-order valence-electron chi connectivity index (χ1n) is 8.44. The van der Waals surface area contributed by atoms with Crippen molar-refractivity contribution in [3.8, 4) is 11.1 Å². The van der Waals surface area contributed by atoms with Gasteiger partial charge < -0.3 is 19.9 Å². The molecule has 1 amide bonds. The molecule has 1 atom stereocenters. The van der Waals surface area contributed by atoms with Gasteiger partial charge in [-0.3, -0.25) is 4.79 Å². The van der Waals surface area contributed by atoms with E-state index in [2.05, 4.69) is 22.2 Å². The van der Waals surface area contributed by atoms with Crippen molar-refractivity contribution in [2.45, 2.75) is 18.4 Å². The maximum absolute atomic E-state index is 11.9. The second kappa shape index (κ2) is 8.01. The highest BCUT2D eigenvalue weighted by Gasteiger charge is 2.29. The van der Waals surface area contributed by atoms with E-state index in [0.717, 1.165) is 22.3 Å². The van der Waals surface area contributed by atoms with Crippen LogP contribution in [-0.4, -0.2) is 43.5 Å². The predicted molar refractivity (Wildman–Crippen MR) is 95.7 cm³/mol. The number of methoxy groups -OCH3 is 1. The maximum Gasteiger partial charge on any atom is 0.407 e. The van der Waals surface area contributed by atoms with Crippen LogP contribution in [0.5, 0.6) is 0 Å². The topological polar surface area (TPSA) is 84.9 Å². The Morgan fingerprint density at radius 3 is 2.23 bits per heavy atom. The van der Waals surface area contributed by atoms with Gasteiger partial charge in [0.2, 0.25) is 0 Å². The Balaban J connectivity index is 1.58. The number of alkyl carbamates (subject to hydrolysis) is 1. The monoisotopic (exact) mass is 355 g/mol. The molecule has 0 unspecified atom stereocenters. The van der Waals surface area contributed by atoms with Gasteiger partial charge in [-0.05, 0) is 22.3 Å². The summed E-state index contributed by atoms with van der Waals surface area (Å²) in [4.78, 5) is 23.0. The molecule has 136 valence electrons. The first-order valence-corrected chi connectivity index (χ1v) is 8.44. The van der Waals surface area contributed by atoms with E-state index in [-0.39, 0.29) is 25.5 Å². The minimum Gasteiger partial charge on any atom is -0.469 e. The highest BCUT2D eigenvalue weighted by atomic mass is 16.5. The molecule has 0 bridgehead atoms. The van der Waals surface area contributed by atoms with Gasteiger partial charge in [-0.15, -0.1) is 0 Å². The number of amides is 1. The molecule has 6 nitrogen and oxygen atoms in total. The number of hydrogen-bond donors (Lipinski definition) is 2. The zero-order chi connectivity index (χ0) is 18.5. The van der Waals surface area contributed by atoms with Crippen LogP contribution in [0.15, 0.2) is 48.5 Å². The second-order valence-corrected chi connectivity index (χ2v) is 6.14. The van der Waals surface area contributed by atoms with E-state index in [0.29, 0.717) is 0 Å². The summed E-state index contributed by atoms with van der Waals surface area (Å²) in [5.41, 5.74) is 4.58. The summed E-state index contributed by atoms with van der Waals surface area (Å²) >= 11 is 0. The number of hydrogen-bond acceptors (Lipinski definition) is 5. The van der Waals surface area contributed by atoms with Crippen molar-refractivity contribution >= 4 is 12.1 Å². The molecule has 0 radical (unpaired) electrons. The Bertz CT molecular complexity index is 759. The summed E-state index contributed by atoms with van der Waals surface area (Å²) in [6.07, 6.45) is -1.82. The van der Waals surface area contributed by atoms with Gasteiger partial charge in [-0.1, -0.05) is 48.5 Å². The highest BCUT2D eigenvalue weighted by Crippen LogP contribution is 2.44. The Kier molecular flexibility index (Phi) is 5.53. The van der Waals surface area contributed by atoms with Gasteiger partial charge in [0.15, 0.2) is 0 Å². The van der Waals surface area contributed by atoms with Crippen molar-refractivity contribution in [3.05, 3.63) is 59.7 Å². The largest absolute Gasteiger partial charge is 0.469 e. The van der Waals surface area contributed by atoms with Crippen molar-refractivity contribution in [2.75, 3.05) is 20.3 Å². The van der Waals surface area contributed by atoms with Gasteiger partial charge in [0.25, 0.3) is 0 Å². The van der Waals surface area contributed by atoms with Crippen LogP contribution in [0.1, 0.15) is 23.5 Å². The van der Waals surface area contributed by atoms with E-state index in [1.54, 1.807) is 0 Å². The van der Waals surface area contributed by atoms with E-state index >= 15 is 0 Å². The zero-order valence-corrected chi connectivity index (χ0v) is 14.5. The lowest BCUT2D eigenvalue weighted by Crippen LogP contribution is -2.34. The summed E-state index contributed by atoms with van der Waals surface area (Å²) in [5.74, 6) is -0.556. The van der Waals surface area contributed by atoms with Gasteiger partial charge in [-0.25, -0.2) is 4.79 Å². The lowest BCUT2D eigenvalue weighted by Gasteiger charge is -2.15. The molecule has 0 aromatic heterocycles. The van der Waals surface area contributed by atoms with E-state index in [1.165, 1.54) is 7.11 Å². The number of fused-ring (bicyclic) bond motifs is 3.